The fourth-order valence-corrected chi connectivity index (χ4v) is 3.70. The maximum atomic E-state index is 5.78. The summed E-state index contributed by atoms with van der Waals surface area (Å²) in [4.78, 5) is 0. The lowest BCUT2D eigenvalue weighted by molar-refractivity contribution is 0.0563. The maximum absolute atomic E-state index is 5.78. The first kappa shape index (κ1) is 19.1. The predicted molar refractivity (Wildman–Crippen MR) is 95.4 cm³/mol. The summed E-state index contributed by atoms with van der Waals surface area (Å²) in [6.45, 7) is 8.61. The van der Waals surface area contributed by atoms with Crippen molar-refractivity contribution in [2.45, 2.75) is 68.9 Å². The third-order valence-corrected chi connectivity index (χ3v) is 5.98. The zero-order valence-electron chi connectivity index (χ0n) is 16.1. The van der Waals surface area contributed by atoms with Gasteiger partial charge in [0.2, 0.25) is 0 Å². The van der Waals surface area contributed by atoms with Crippen LogP contribution in [-0.4, -0.2) is 76.3 Å². The second-order valence-electron chi connectivity index (χ2n) is 8.61. The molecule has 4 rings (SSSR count). The van der Waals surface area contributed by atoms with Gasteiger partial charge < -0.3 is 28.4 Å². The molecule has 0 saturated carbocycles. The summed E-state index contributed by atoms with van der Waals surface area (Å²) >= 11 is 0. The number of hydrogen-bond donors (Lipinski definition) is 0. The van der Waals surface area contributed by atoms with Crippen LogP contribution in [0, 0.1) is 5.92 Å². The Balaban J connectivity index is 1.06. The predicted octanol–water partition coefficient (Wildman–Crippen LogP) is 2.33. The van der Waals surface area contributed by atoms with E-state index in [-0.39, 0.29) is 11.2 Å². The van der Waals surface area contributed by atoms with E-state index < -0.39 is 0 Å². The number of ether oxygens (including phenoxy) is 6. The Labute approximate surface area is 156 Å². The molecule has 150 valence electrons. The molecule has 4 aliphatic rings. The van der Waals surface area contributed by atoms with E-state index in [9.17, 15) is 0 Å². The molecular formula is C20H34O6. The van der Waals surface area contributed by atoms with E-state index in [1.165, 1.54) is 25.7 Å². The SMILES string of the molecule is CCC(CCCCC1(COCC2CO2)CO1)CC1(COCC2CO2)CO1. The van der Waals surface area contributed by atoms with E-state index in [0.717, 1.165) is 71.6 Å². The van der Waals surface area contributed by atoms with Gasteiger partial charge in [-0.1, -0.05) is 32.6 Å². The Hall–Kier alpha value is -0.240. The van der Waals surface area contributed by atoms with Crippen LogP contribution < -0.4 is 0 Å². The van der Waals surface area contributed by atoms with Crippen molar-refractivity contribution < 1.29 is 28.4 Å². The van der Waals surface area contributed by atoms with Crippen molar-refractivity contribution in [3.05, 3.63) is 0 Å². The molecule has 0 aliphatic carbocycles. The van der Waals surface area contributed by atoms with Crippen LogP contribution in [0.2, 0.25) is 0 Å². The quantitative estimate of drug-likeness (QED) is 0.307. The molecule has 0 N–H and O–H groups in total. The zero-order chi connectivity index (χ0) is 17.9. The Morgan fingerprint density at radius 3 is 2.00 bits per heavy atom. The highest BCUT2D eigenvalue weighted by molar-refractivity contribution is 4.95. The molecule has 5 atom stereocenters. The zero-order valence-corrected chi connectivity index (χ0v) is 16.1. The summed E-state index contributed by atoms with van der Waals surface area (Å²) in [5, 5.41) is 0. The average Bonchev–Trinajstić information content (AvgIpc) is 3.47. The van der Waals surface area contributed by atoms with E-state index in [2.05, 4.69) is 6.92 Å². The monoisotopic (exact) mass is 370 g/mol. The van der Waals surface area contributed by atoms with Crippen LogP contribution in [0.4, 0.5) is 0 Å². The Morgan fingerprint density at radius 2 is 1.50 bits per heavy atom. The summed E-state index contributed by atoms with van der Waals surface area (Å²) in [6, 6.07) is 0. The first-order valence-corrected chi connectivity index (χ1v) is 10.4. The van der Waals surface area contributed by atoms with E-state index in [1.54, 1.807) is 0 Å². The molecule has 0 aromatic carbocycles. The molecule has 5 unspecified atom stereocenters. The van der Waals surface area contributed by atoms with E-state index in [1.807, 2.05) is 0 Å². The molecule has 0 spiro atoms. The molecule has 4 saturated heterocycles. The minimum Gasteiger partial charge on any atom is -0.376 e. The molecule has 0 bridgehead atoms. The standard InChI is InChI=1S/C20H34O6/c1-2-16(7-20(15-26-20)13-22-9-18-11-24-18)5-3-4-6-19(14-25-19)12-21-8-17-10-23-17/h16-18H,2-15H2,1H3. The third kappa shape index (κ3) is 6.14. The Kier molecular flexibility index (Phi) is 6.18. The molecule has 0 radical (unpaired) electrons. The fourth-order valence-electron chi connectivity index (χ4n) is 3.70. The van der Waals surface area contributed by atoms with Crippen LogP contribution in [0.3, 0.4) is 0 Å². The highest BCUT2D eigenvalue weighted by Gasteiger charge is 2.47. The molecule has 0 aromatic heterocycles. The van der Waals surface area contributed by atoms with Gasteiger partial charge in [-0.15, -0.1) is 0 Å². The average molecular weight is 370 g/mol. The molecule has 4 fully saturated rings. The van der Waals surface area contributed by atoms with Crippen LogP contribution in [0.25, 0.3) is 0 Å². The molecule has 0 aromatic rings. The lowest BCUT2D eigenvalue weighted by Gasteiger charge is -2.20. The third-order valence-electron chi connectivity index (χ3n) is 5.98. The van der Waals surface area contributed by atoms with Crippen LogP contribution in [0.15, 0.2) is 0 Å². The van der Waals surface area contributed by atoms with Crippen LogP contribution in [0.1, 0.15) is 45.4 Å². The lowest BCUT2D eigenvalue weighted by atomic mass is 9.88. The molecule has 26 heavy (non-hydrogen) atoms. The summed E-state index contributed by atoms with van der Waals surface area (Å²) in [6.07, 6.45) is 7.86. The van der Waals surface area contributed by atoms with Gasteiger partial charge >= 0.3 is 0 Å². The van der Waals surface area contributed by atoms with E-state index in [0.29, 0.717) is 12.2 Å². The molecule has 4 heterocycles. The smallest absolute Gasteiger partial charge is 0.115 e. The van der Waals surface area contributed by atoms with Gasteiger partial charge in [-0.25, -0.2) is 0 Å². The molecular weight excluding hydrogens is 336 g/mol. The van der Waals surface area contributed by atoms with Gasteiger partial charge in [0, 0.05) is 0 Å². The van der Waals surface area contributed by atoms with Crippen molar-refractivity contribution >= 4 is 0 Å². The van der Waals surface area contributed by atoms with Crippen molar-refractivity contribution in [3.8, 4) is 0 Å². The highest BCUT2D eigenvalue weighted by atomic mass is 16.6. The first-order valence-electron chi connectivity index (χ1n) is 10.4. The topological polar surface area (TPSA) is 68.6 Å². The second-order valence-corrected chi connectivity index (χ2v) is 8.61. The fraction of sp³-hybridized carbons (Fsp3) is 1.00. The van der Waals surface area contributed by atoms with E-state index in [4.69, 9.17) is 28.4 Å². The van der Waals surface area contributed by atoms with Crippen molar-refractivity contribution in [3.63, 3.8) is 0 Å². The Bertz CT molecular complexity index is 440. The van der Waals surface area contributed by atoms with Crippen LogP contribution >= 0.6 is 0 Å². The lowest BCUT2D eigenvalue weighted by Crippen LogP contribution is -2.25. The number of epoxide rings is 4. The minimum atomic E-state index is -0.00485. The van der Waals surface area contributed by atoms with Crippen LogP contribution in [-0.2, 0) is 28.4 Å². The molecule has 6 heteroatoms. The normalized spacial score (nSPS) is 38.2. The number of hydrogen-bond acceptors (Lipinski definition) is 6. The largest absolute Gasteiger partial charge is 0.376 e. The van der Waals surface area contributed by atoms with Gasteiger partial charge in [-0.3, -0.25) is 0 Å². The van der Waals surface area contributed by atoms with Gasteiger partial charge in [0.1, 0.15) is 23.4 Å². The van der Waals surface area contributed by atoms with Crippen molar-refractivity contribution in [1.29, 1.82) is 0 Å². The first-order chi connectivity index (χ1) is 12.7. The van der Waals surface area contributed by atoms with Crippen molar-refractivity contribution in [2.24, 2.45) is 5.92 Å². The maximum Gasteiger partial charge on any atom is 0.115 e. The van der Waals surface area contributed by atoms with Gasteiger partial charge in [0.05, 0.1) is 52.9 Å². The second kappa shape index (κ2) is 8.41. The van der Waals surface area contributed by atoms with Crippen LogP contribution in [0.5, 0.6) is 0 Å². The molecule has 6 nitrogen and oxygen atoms in total. The summed E-state index contributed by atoms with van der Waals surface area (Å²) < 4.78 is 33.3. The Morgan fingerprint density at radius 1 is 0.923 bits per heavy atom. The number of rotatable bonds is 16. The van der Waals surface area contributed by atoms with Gasteiger partial charge in [-0.2, -0.15) is 0 Å². The molecule has 4 aliphatic heterocycles. The van der Waals surface area contributed by atoms with Gasteiger partial charge in [0.25, 0.3) is 0 Å². The summed E-state index contributed by atoms with van der Waals surface area (Å²) in [7, 11) is 0. The van der Waals surface area contributed by atoms with Gasteiger partial charge in [0.15, 0.2) is 0 Å². The highest BCUT2D eigenvalue weighted by Crippen LogP contribution is 2.38. The van der Waals surface area contributed by atoms with Gasteiger partial charge in [-0.05, 0) is 18.8 Å². The van der Waals surface area contributed by atoms with E-state index >= 15 is 0 Å². The summed E-state index contributed by atoms with van der Waals surface area (Å²) in [5.41, 5.74) is 0.00522. The van der Waals surface area contributed by atoms with Crippen molar-refractivity contribution in [1.82, 2.24) is 0 Å². The molecule has 0 amide bonds. The van der Waals surface area contributed by atoms with Crippen molar-refractivity contribution in [2.75, 3.05) is 52.9 Å². The number of unbranched alkanes of at least 4 members (excludes halogenated alkanes) is 1. The minimum absolute atomic E-state index is 0.00485. The summed E-state index contributed by atoms with van der Waals surface area (Å²) in [5.74, 6) is 0.720.